The Morgan fingerprint density at radius 3 is 2.16 bits per heavy atom. The summed E-state index contributed by atoms with van der Waals surface area (Å²) in [5.74, 6) is 1.35. The molecule has 2 fully saturated rings. The van der Waals surface area contributed by atoms with Crippen LogP contribution in [0.15, 0.2) is 88.4 Å². The highest BCUT2D eigenvalue weighted by molar-refractivity contribution is 7.89. The van der Waals surface area contributed by atoms with Crippen LogP contribution < -0.4 is 9.47 Å². The number of morpholine rings is 1. The number of amides is 1. The number of carbonyl (C=O) groups excluding carboxylic acids is 1. The summed E-state index contributed by atoms with van der Waals surface area (Å²) in [5, 5.41) is 6.60. The van der Waals surface area contributed by atoms with Crippen molar-refractivity contribution in [2.24, 2.45) is 11.0 Å². The van der Waals surface area contributed by atoms with Crippen LogP contribution in [0, 0.1) is 5.92 Å². The van der Waals surface area contributed by atoms with Crippen molar-refractivity contribution in [1.29, 1.82) is 0 Å². The van der Waals surface area contributed by atoms with Crippen molar-refractivity contribution in [3.63, 3.8) is 0 Å². The highest BCUT2D eigenvalue weighted by atomic mass is 32.2. The molecule has 3 aromatic carbocycles. The van der Waals surface area contributed by atoms with E-state index in [4.69, 9.17) is 19.3 Å². The number of sulfonamides is 1. The van der Waals surface area contributed by atoms with Crippen molar-refractivity contribution in [3.05, 3.63) is 95.1 Å². The van der Waals surface area contributed by atoms with Gasteiger partial charge in [-0.1, -0.05) is 24.3 Å². The minimum absolute atomic E-state index is 0.0237. The number of carbonyl (C=O) groups is 1. The van der Waals surface area contributed by atoms with Crippen LogP contribution >= 0.6 is 0 Å². The van der Waals surface area contributed by atoms with Gasteiger partial charge in [-0.2, -0.15) is 9.41 Å². The molecule has 1 saturated carbocycles. The molecule has 1 aliphatic carbocycles. The van der Waals surface area contributed by atoms with Gasteiger partial charge < -0.3 is 14.2 Å². The summed E-state index contributed by atoms with van der Waals surface area (Å²) in [7, 11) is -3.67. The molecule has 0 N–H and O–H groups in total. The fourth-order valence-electron chi connectivity index (χ4n) is 6.30. The molecule has 3 aliphatic rings. The van der Waals surface area contributed by atoms with Crippen molar-refractivity contribution in [2.45, 2.75) is 44.0 Å². The highest BCUT2D eigenvalue weighted by Crippen LogP contribution is 2.45. The van der Waals surface area contributed by atoms with Crippen molar-refractivity contribution in [3.8, 4) is 11.5 Å². The van der Waals surface area contributed by atoms with E-state index in [1.54, 1.807) is 17.1 Å². The first-order chi connectivity index (χ1) is 21.9. The molecule has 0 aromatic heterocycles. The maximum Gasteiger partial charge on any atom is 0.274 e. The number of nitrogens with zero attached hydrogens (tertiary/aromatic N) is 3. The lowest BCUT2D eigenvalue weighted by atomic mass is 9.77. The van der Waals surface area contributed by atoms with Crippen molar-refractivity contribution in [2.75, 3.05) is 39.5 Å². The van der Waals surface area contributed by atoms with Crippen LogP contribution in [0.4, 0.5) is 0 Å². The predicted octanol–water partition coefficient (Wildman–Crippen LogP) is 5.94. The quantitative estimate of drug-likeness (QED) is 0.291. The van der Waals surface area contributed by atoms with Gasteiger partial charge in [0.2, 0.25) is 10.0 Å². The van der Waals surface area contributed by atoms with E-state index in [2.05, 4.69) is 6.08 Å². The van der Waals surface area contributed by atoms with Gasteiger partial charge in [0.1, 0.15) is 11.5 Å². The topological polar surface area (TPSA) is 97.7 Å². The fraction of sp³-hybridized carbons (Fsp3) is 0.371. The van der Waals surface area contributed by atoms with Crippen LogP contribution in [0.3, 0.4) is 0 Å². The van der Waals surface area contributed by atoms with Crippen LogP contribution in [0.1, 0.15) is 60.6 Å². The molecular weight excluding hydrogens is 590 g/mol. The molecular formula is C35H39N3O6S. The Labute approximate surface area is 265 Å². The summed E-state index contributed by atoms with van der Waals surface area (Å²) >= 11 is 0. The summed E-state index contributed by atoms with van der Waals surface area (Å²) < 4.78 is 44.4. The smallest absolute Gasteiger partial charge is 0.274 e. The summed E-state index contributed by atoms with van der Waals surface area (Å²) in [6.45, 7) is 6.46. The number of hydrogen-bond donors (Lipinski definition) is 0. The maximum absolute atomic E-state index is 14.2. The average Bonchev–Trinajstić information content (AvgIpc) is 3.47. The molecule has 0 radical (unpaired) electrons. The molecule has 2 heterocycles. The zero-order valence-electron chi connectivity index (χ0n) is 25.7. The Hall–Kier alpha value is -3.99. The van der Waals surface area contributed by atoms with Gasteiger partial charge in [0.15, 0.2) is 0 Å². The first-order valence-electron chi connectivity index (χ1n) is 15.7. The van der Waals surface area contributed by atoms with Gasteiger partial charge in [-0.05, 0) is 104 Å². The lowest BCUT2D eigenvalue weighted by Gasteiger charge is -2.30. The second-order valence-electron chi connectivity index (χ2n) is 11.3. The Balaban J connectivity index is 1.33. The van der Waals surface area contributed by atoms with Gasteiger partial charge in [0.25, 0.3) is 5.91 Å². The van der Waals surface area contributed by atoms with E-state index in [1.165, 1.54) is 16.4 Å². The molecule has 0 bridgehead atoms. The number of rotatable bonds is 9. The molecule has 1 amide bonds. The molecule has 2 atom stereocenters. The minimum atomic E-state index is -3.67. The fourth-order valence-corrected chi connectivity index (χ4v) is 7.70. The second kappa shape index (κ2) is 13.6. The number of fused-ring (bicyclic) bond motifs is 1. The van der Waals surface area contributed by atoms with Crippen LogP contribution in [0.25, 0.3) is 6.08 Å². The number of hydrazone groups is 1. The monoisotopic (exact) mass is 629 g/mol. The van der Waals surface area contributed by atoms with Crippen molar-refractivity contribution >= 4 is 27.7 Å². The number of benzene rings is 3. The predicted molar refractivity (Wildman–Crippen MR) is 173 cm³/mol. The van der Waals surface area contributed by atoms with Gasteiger partial charge in [-0.15, -0.1) is 0 Å². The van der Waals surface area contributed by atoms with Gasteiger partial charge in [0, 0.05) is 24.6 Å². The molecule has 3 aromatic rings. The summed E-state index contributed by atoms with van der Waals surface area (Å²) in [5.41, 5.74) is 4.45. The van der Waals surface area contributed by atoms with Crippen LogP contribution in [-0.4, -0.2) is 68.9 Å². The third kappa shape index (κ3) is 6.54. The van der Waals surface area contributed by atoms with Gasteiger partial charge >= 0.3 is 0 Å². The molecule has 2 aliphatic heterocycles. The SMILES string of the molecule is CCOc1ccc(/C=C2\CCC[C@H]3C2=NN(C(=O)c2ccc(S(=O)(=O)N4CCOCC4)cc2)[C@@H]3c2ccc(OCC)cc2)cc1. The average molecular weight is 630 g/mol. The molecule has 0 spiro atoms. The largest absolute Gasteiger partial charge is 0.494 e. The Morgan fingerprint density at radius 1 is 0.911 bits per heavy atom. The lowest BCUT2D eigenvalue weighted by Crippen LogP contribution is -2.40. The molecule has 9 nitrogen and oxygen atoms in total. The normalized spacial score (nSPS) is 21.3. The third-order valence-corrected chi connectivity index (χ3v) is 10.4. The van der Waals surface area contributed by atoms with Gasteiger partial charge in [-0.3, -0.25) is 4.79 Å². The maximum atomic E-state index is 14.2. The first kappa shape index (κ1) is 31.0. The van der Waals surface area contributed by atoms with Crippen LogP contribution in [-0.2, 0) is 14.8 Å². The van der Waals surface area contributed by atoms with Crippen molar-refractivity contribution < 1.29 is 27.4 Å². The second-order valence-corrected chi connectivity index (χ2v) is 13.2. The van der Waals surface area contributed by atoms with Crippen LogP contribution in [0.2, 0.25) is 0 Å². The summed E-state index contributed by atoms with van der Waals surface area (Å²) in [6, 6.07) is 21.8. The zero-order valence-corrected chi connectivity index (χ0v) is 26.5. The standard InChI is InChI=1S/C35H39N3O6S/c1-3-43-29-14-8-25(9-15-29)24-28-6-5-7-32-33(28)36-38(34(32)26-10-16-30(17-11-26)44-4-2)35(39)27-12-18-31(19-13-27)45(40,41)37-20-22-42-23-21-37/h8-19,24,32,34H,3-7,20-23H2,1-2H3/b28-24+/t32-,34+/m0/s1. The van der Waals surface area contributed by atoms with E-state index in [0.29, 0.717) is 45.1 Å². The Bertz CT molecular complexity index is 1660. The highest BCUT2D eigenvalue weighted by Gasteiger charge is 2.44. The minimum Gasteiger partial charge on any atom is -0.494 e. The number of hydrogen-bond acceptors (Lipinski definition) is 7. The van der Waals surface area contributed by atoms with Crippen molar-refractivity contribution in [1.82, 2.24) is 9.31 Å². The molecule has 6 rings (SSSR count). The van der Waals surface area contributed by atoms with E-state index < -0.39 is 10.0 Å². The molecule has 236 valence electrons. The lowest BCUT2D eigenvalue weighted by molar-refractivity contribution is 0.0680. The summed E-state index contributed by atoms with van der Waals surface area (Å²) in [4.78, 5) is 14.3. The Kier molecular flexibility index (Phi) is 9.34. The Morgan fingerprint density at radius 2 is 1.53 bits per heavy atom. The van der Waals surface area contributed by atoms with E-state index >= 15 is 0 Å². The van der Waals surface area contributed by atoms with Gasteiger partial charge in [-0.25, -0.2) is 13.4 Å². The molecule has 45 heavy (non-hydrogen) atoms. The van der Waals surface area contributed by atoms with E-state index in [1.807, 2.05) is 62.4 Å². The molecule has 0 unspecified atom stereocenters. The number of ether oxygens (including phenoxy) is 3. The third-order valence-electron chi connectivity index (χ3n) is 8.48. The first-order valence-corrected chi connectivity index (χ1v) is 17.1. The van der Waals surface area contributed by atoms with E-state index in [0.717, 1.165) is 53.2 Å². The van der Waals surface area contributed by atoms with Crippen LogP contribution in [0.5, 0.6) is 11.5 Å². The van der Waals surface area contributed by atoms with E-state index in [-0.39, 0.29) is 22.8 Å². The van der Waals surface area contributed by atoms with E-state index in [9.17, 15) is 13.2 Å². The zero-order chi connectivity index (χ0) is 31.4. The summed E-state index contributed by atoms with van der Waals surface area (Å²) in [6.07, 6.45) is 4.91. The molecule has 1 saturated heterocycles. The van der Waals surface area contributed by atoms with Gasteiger partial charge in [0.05, 0.1) is 43.1 Å². The molecule has 10 heteroatoms. The number of allylic oxidation sites excluding steroid dienone is 1.